The Morgan fingerprint density at radius 3 is 2.68 bits per heavy atom. The molecule has 2 fully saturated rings. The van der Waals surface area contributed by atoms with Crippen molar-refractivity contribution in [3.63, 3.8) is 0 Å². The third-order valence-corrected chi connectivity index (χ3v) is 7.32. The summed E-state index contributed by atoms with van der Waals surface area (Å²) in [6, 6.07) is 7.72. The summed E-state index contributed by atoms with van der Waals surface area (Å²) in [6.07, 6.45) is 4.34. The van der Waals surface area contributed by atoms with Crippen molar-refractivity contribution in [3.05, 3.63) is 29.8 Å². The van der Waals surface area contributed by atoms with Gasteiger partial charge in [-0.1, -0.05) is 25.0 Å². The van der Waals surface area contributed by atoms with E-state index in [0.717, 1.165) is 37.0 Å². The Kier molecular flexibility index (Phi) is 5.34. The fourth-order valence-corrected chi connectivity index (χ4v) is 5.48. The Hall–Kier alpha value is -1.60. The lowest BCUT2D eigenvalue weighted by atomic mass is 9.78. The summed E-state index contributed by atoms with van der Waals surface area (Å²) in [6.45, 7) is 1.26. The van der Waals surface area contributed by atoms with Crippen molar-refractivity contribution in [2.75, 3.05) is 32.5 Å². The highest BCUT2D eigenvalue weighted by Crippen LogP contribution is 2.42. The fourth-order valence-electron chi connectivity index (χ4n) is 3.95. The van der Waals surface area contributed by atoms with Gasteiger partial charge in [-0.05, 0) is 37.0 Å². The van der Waals surface area contributed by atoms with E-state index in [1.165, 1.54) is 4.31 Å². The highest BCUT2D eigenvalue weighted by Gasteiger charge is 2.42. The molecule has 0 aromatic heterocycles. The number of methoxy groups -OCH3 is 1. The van der Waals surface area contributed by atoms with Crippen LogP contribution < -0.4 is 10.1 Å². The average molecular weight is 366 g/mol. The third kappa shape index (κ3) is 3.67. The second kappa shape index (κ2) is 7.33. The van der Waals surface area contributed by atoms with E-state index < -0.39 is 15.4 Å². The molecule has 1 saturated heterocycles. The van der Waals surface area contributed by atoms with Crippen LogP contribution in [0.3, 0.4) is 0 Å². The molecule has 0 radical (unpaired) electrons. The second-order valence-corrected chi connectivity index (χ2v) is 8.93. The molecule has 3 rings (SSSR count). The maximum Gasteiger partial charge on any atom is 0.230 e. The summed E-state index contributed by atoms with van der Waals surface area (Å²) in [5, 5.41) is 2.98. The molecule has 6 nitrogen and oxygen atoms in total. The molecule has 1 aliphatic carbocycles. The van der Waals surface area contributed by atoms with Gasteiger partial charge in [0.25, 0.3) is 0 Å². The number of carbonyl (C=O) groups excluding carboxylic acids is 1. The molecule has 1 N–H and O–H groups in total. The maximum atomic E-state index is 13.0. The third-order valence-electron chi connectivity index (χ3n) is 5.36. The first kappa shape index (κ1) is 18.2. The van der Waals surface area contributed by atoms with E-state index in [-0.39, 0.29) is 11.7 Å². The number of carbonyl (C=O) groups is 1. The number of rotatable bonds is 6. The zero-order valence-electron chi connectivity index (χ0n) is 14.7. The summed E-state index contributed by atoms with van der Waals surface area (Å²) >= 11 is 0. The standard InChI is InChI=1S/C18H26N2O4S/c1-24-16-7-4-6-15(14-16)18(8-2-3-9-18)17(21)19-10-12-20-11-5-13-25(20,22)23/h4,6-7,14H,2-3,5,8-13H2,1H3,(H,19,21). The molecule has 1 aromatic carbocycles. The van der Waals surface area contributed by atoms with Gasteiger partial charge in [-0.15, -0.1) is 0 Å². The summed E-state index contributed by atoms with van der Waals surface area (Å²) in [5.41, 5.74) is 0.453. The Balaban J connectivity index is 1.69. The zero-order valence-corrected chi connectivity index (χ0v) is 15.5. The van der Waals surface area contributed by atoms with Crippen LogP contribution in [0.15, 0.2) is 24.3 Å². The summed E-state index contributed by atoms with van der Waals surface area (Å²) in [4.78, 5) is 13.0. The van der Waals surface area contributed by atoms with Crippen molar-refractivity contribution in [2.45, 2.75) is 37.5 Å². The van der Waals surface area contributed by atoms with Crippen LogP contribution in [-0.4, -0.2) is 51.1 Å². The van der Waals surface area contributed by atoms with E-state index in [0.29, 0.717) is 26.1 Å². The van der Waals surface area contributed by atoms with Crippen LogP contribution in [0.25, 0.3) is 0 Å². The molecule has 0 bridgehead atoms. The predicted molar refractivity (Wildman–Crippen MR) is 96.1 cm³/mol. The van der Waals surface area contributed by atoms with Gasteiger partial charge in [0, 0.05) is 19.6 Å². The van der Waals surface area contributed by atoms with Gasteiger partial charge in [-0.25, -0.2) is 12.7 Å². The first-order valence-electron chi connectivity index (χ1n) is 8.89. The molecule has 1 aliphatic heterocycles. The van der Waals surface area contributed by atoms with E-state index in [1.54, 1.807) is 7.11 Å². The van der Waals surface area contributed by atoms with Crippen molar-refractivity contribution in [1.82, 2.24) is 9.62 Å². The number of ether oxygens (including phenoxy) is 1. The summed E-state index contributed by atoms with van der Waals surface area (Å²) < 4.78 is 30.5. The number of nitrogens with zero attached hydrogens (tertiary/aromatic N) is 1. The Bertz CT molecular complexity index is 726. The Morgan fingerprint density at radius 2 is 2.04 bits per heavy atom. The molecule has 1 saturated carbocycles. The lowest BCUT2D eigenvalue weighted by Gasteiger charge is -2.29. The highest BCUT2D eigenvalue weighted by molar-refractivity contribution is 7.89. The number of hydrogen-bond acceptors (Lipinski definition) is 4. The van der Waals surface area contributed by atoms with Crippen LogP contribution in [0.2, 0.25) is 0 Å². The van der Waals surface area contributed by atoms with Gasteiger partial charge < -0.3 is 10.1 Å². The normalized spacial score (nSPS) is 22.0. The fraction of sp³-hybridized carbons (Fsp3) is 0.611. The lowest BCUT2D eigenvalue weighted by molar-refractivity contribution is -0.126. The molecular weight excluding hydrogens is 340 g/mol. The molecule has 0 atom stereocenters. The monoisotopic (exact) mass is 366 g/mol. The molecule has 0 unspecified atom stereocenters. The minimum Gasteiger partial charge on any atom is -0.497 e. The van der Waals surface area contributed by atoms with E-state index in [2.05, 4.69) is 5.32 Å². The number of nitrogens with one attached hydrogen (secondary N) is 1. The van der Waals surface area contributed by atoms with Crippen LogP contribution in [0.4, 0.5) is 0 Å². The lowest BCUT2D eigenvalue weighted by Crippen LogP contribution is -2.45. The Labute approximate surface area is 149 Å². The second-order valence-electron chi connectivity index (χ2n) is 6.85. The van der Waals surface area contributed by atoms with E-state index in [1.807, 2.05) is 24.3 Å². The van der Waals surface area contributed by atoms with Crippen LogP contribution in [0.5, 0.6) is 5.75 Å². The number of amides is 1. The maximum absolute atomic E-state index is 13.0. The van der Waals surface area contributed by atoms with E-state index >= 15 is 0 Å². The Morgan fingerprint density at radius 1 is 1.28 bits per heavy atom. The first-order valence-corrected chi connectivity index (χ1v) is 10.5. The van der Waals surface area contributed by atoms with Crippen LogP contribution in [-0.2, 0) is 20.2 Å². The first-order chi connectivity index (χ1) is 12.0. The number of benzene rings is 1. The molecule has 1 amide bonds. The quantitative estimate of drug-likeness (QED) is 0.831. The summed E-state index contributed by atoms with van der Waals surface area (Å²) in [7, 11) is -1.49. The van der Waals surface area contributed by atoms with Gasteiger partial charge in [-0.3, -0.25) is 4.79 Å². The largest absolute Gasteiger partial charge is 0.497 e. The van der Waals surface area contributed by atoms with Gasteiger partial charge in [0.1, 0.15) is 5.75 Å². The predicted octanol–water partition coefficient (Wildman–Crippen LogP) is 1.66. The van der Waals surface area contributed by atoms with Gasteiger partial charge in [0.15, 0.2) is 0 Å². The number of hydrogen-bond donors (Lipinski definition) is 1. The smallest absolute Gasteiger partial charge is 0.230 e. The van der Waals surface area contributed by atoms with Crippen molar-refractivity contribution < 1.29 is 17.9 Å². The van der Waals surface area contributed by atoms with Crippen LogP contribution in [0, 0.1) is 0 Å². The van der Waals surface area contributed by atoms with Crippen LogP contribution in [0.1, 0.15) is 37.7 Å². The molecule has 25 heavy (non-hydrogen) atoms. The average Bonchev–Trinajstić information content (AvgIpc) is 3.22. The van der Waals surface area contributed by atoms with Gasteiger partial charge in [0.2, 0.25) is 15.9 Å². The molecule has 1 aromatic rings. The highest BCUT2D eigenvalue weighted by atomic mass is 32.2. The van der Waals surface area contributed by atoms with E-state index in [9.17, 15) is 13.2 Å². The summed E-state index contributed by atoms with van der Waals surface area (Å²) in [5.74, 6) is 0.962. The topological polar surface area (TPSA) is 75.7 Å². The van der Waals surface area contributed by atoms with Crippen molar-refractivity contribution in [3.8, 4) is 5.75 Å². The van der Waals surface area contributed by atoms with Crippen molar-refractivity contribution in [2.24, 2.45) is 0 Å². The van der Waals surface area contributed by atoms with Crippen molar-refractivity contribution >= 4 is 15.9 Å². The molecule has 0 spiro atoms. The van der Waals surface area contributed by atoms with Crippen molar-refractivity contribution in [1.29, 1.82) is 0 Å². The number of sulfonamides is 1. The van der Waals surface area contributed by atoms with E-state index in [4.69, 9.17) is 4.74 Å². The molecule has 1 heterocycles. The zero-order chi connectivity index (χ0) is 17.9. The molecule has 7 heteroatoms. The molecule has 2 aliphatic rings. The van der Waals surface area contributed by atoms with Crippen LogP contribution >= 0.6 is 0 Å². The molecule has 138 valence electrons. The van der Waals surface area contributed by atoms with Gasteiger partial charge >= 0.3 is 0 Å². The SMILES string of the molecule is COc1cccc(C2(C(=O)NCCN3CCCS3(=O)=O)CCCC2)c1. The molecular formula is C18H26N2O4S. The van der Waals surface area contributed by atoms with Gasteiger partial charge in [-0.2, -0.15) is 0 Å². The minimum absolute atomic E-state index is 0.00477. The minimum atomic E-state index is -3.11. The van der Waals surface area contributed by atoms with Gasteiger partial charge in [0.05, 0.1) is 18.3 Å².